The monoisotopic (exact) mass is 561 g/mol. The Bertz CT molecular complexity index is 1100. The van der Waals surface area contributed by atoms with Crippen LogP contribution < -0.4 is 9.47 Å². The van der Waals surface area contributed by atoms with Crippen LogP contribution in [-0.4, -0.2) is 64.1 Å². The third-order valence-corrected chi connectivity index (χ3v) is 13.9. The zero-order valence-corrected chi connectivity index (χ0v) is 26.5. The van der Waals surface area contributed by atoms with Crippen LogP contribution in [0.2, 0.25) is 18.1 Å². The number of carbonyl (C=O) groups excluding carboxylic acids is 1. The number of hydrogen-bond donors (Lipinski definition) is 1. The first-order valence-electron chi connectivity index (χ1n) is 13.8. The minimum atomic E-state index is -2.11. The second kappa shape index (κ2) is 11.4. The molecular weight excluding hydrogens is 514 g/mol. The molecule has 1 saturated heterocycles. The van der Waals surface area contributed by atoms with E-state index in [2.05, 4.69) is 53.8 Å². The number of cyclic esters (lactones) is 1. The van der Waals surface area contributed by atoms with Gasteiger partial charge < -0.3 is 28.5 Å². The summed E-state index contributed by atoms with van der Waals surface area (Å²) in [6, 6.07) is 3.97. The van der Waals surface area contributed by atoms with E-state index in [4.69, 9.17) is 23.4 Å². The third kappa shape index (κ3) is 6.14. The molecule has 2 aliphatic heterocycles. The number of aliphatic hydroxyl groups is 1. The summed E-state index contributed by atoms with van der Waals surface area (Å²) < 4.78 is 29.8. The van der Waals surface area contributed by atoms with Crippen molar-refractivity contribution in [2.24, 2.45) is 11.3 Å². The lowest BCUT2D eigenvalue weighted by Gasteiger charge is -2.51. The highest BCUT2D eigenvalue weighted by atomic mass is 28.4. The van der Waals surface area contributed by atoms with Crippen LogP contribution in [0.1, 0.15) is 75.9 Å². The van der Waals surface area contributed by atoms with Gasteiger partial charge in [0, 0.05) is 36.7 Å². The van der Waals surface area contributed by atoms with Gasteiger partial charge in [-0.25, -0.2) is 4.79 Å². The first-order valence-corrected chi connectivity index (χ1v) is 16.8. The van der Waals surface area contributed by atoms with Crippen LogP contribution in [0.3, 0.4) is 0 Å². The second-order valence-corrected chi connectivity index (χ2v) is 18.0. The van der Waals surface area contributed by atoms with Crippen LogP contribution in [-0.2, 0) is 20.3 Å². The van der Waals surface area contributed by atoms with E-state index in [0.29, 0.717) is 36.3 Å². The third-order valence-electron chi connectivity index (χ3n) is 9.39. The molecule has 2 heterocycles. The summed E-state index contributed by atoms with van der Waals surface area (Å²) in [6.45, 7) is 19.0. The predicted molar refractivity (Wildman–Crippen MR) is 152 cm³/mol. The highest BCUT2D eigenvalue weighted by Gasteiger charge is 2.51. The summed E-state index contributed by atoms with van der Waals surface area (Å²) in [4.78, 5) is 13.1. The van der Waals surface area contributed by atoms with Gasteiger partial charge in [-0.1, -0.05) is 41.5 Å². The number of ether oxygens (including phenoxy) is 4. The molecule has 8 nitrogen and oxygen atoms in total. The number of fused-ring (bicyclic) bond motifs is 1. The molecule has 9 heteroatoms. The molecule has 3 rings (SSSR count). The van der Waals surface area contributed by atoms with Crippen LogP contribution in [0.5, 0.6) is 11.5 Å². The number of esters is 1. The Hall–Kier alpha value is -2.12. The van der Waals surface area contributed by atoms with Crippen LogP contribution >= 0.6 is 0 Å². The normalized spacial score (nSPS) is 26.6. The number of hydrogen-bond acceptors (Lipinski definition) is 8. The molecule has 2 aliphatic rings. The van der Waals surface area contributed by atoms with Gasteiger partial charge in [0.1, 0.15) is 29.3 Å². The fraction of sp³-hybridized carbons (Fsp3) is 0.733. The highest BCUT2D eigenvalue weighted by Crippen LogP contribution is 2.46. The van der Waals surface area contributed by atoms with E-state index in [0.717, 1.165) is 11.1 Å². The quantitative estimate of drug-likeness (QED) is 0.324. The van der Waals surface area contributed by atoms with Crippen LogP contribution in [0.4, 0.5) is 0 Å². The van der Waals surface area contributed by atoms with Gasteiger partial charge in [-0.3, -0.25) is 0 Å². The lowest BCUT2D eigenvalue weighted by Crippen LogP contribution is -2.57. The Morgan fingerprint density at radius 2 is 1.85 bits per heavy atom. The van der Waals surface area contributed by atoms with Crippen molar-refractivity contribution < 1.29 is 33.3 Å². The van der Waals surface area contributed by atoms with Gasteiger partial charge in [0.15, 0.2) is 8.32 Å². The molecule has 0 saturated carbocycles. The summed E-state index contributed by atoms with van der Waals surface area (Å²) in [5, 5.41) is 21.2. The molecule has 0 amide bonds. The number of nitriles is 1. The largest absolute Gasteiger partial charge is 0.496 e. The lowest BCUT2D eigenvalue weighted by molar-refractivity contribution is -0.167. The minimum Gasteiger partial charge on any atom is -0.496 e. The molecule has 1 unspecified atom stereocenters. The van der Waals surface area contributed by atoms with E-state index >= 15 is 0 Å². The molecule has 218 valence electrons. The highest BCUT2D eigenvalue weighted by molar-refractivity contribution is 6.74. The van der Waals surface area contributed by atoms with Crippen molar-refractivity contribution in [2.75, 3.05) is 14.2 Å². The number of aliphatic hydroxyl groups excluding tert-OH is 1. The van der Waals surface area contributed by atoms with E-state index in [1.54, 1.807) is 13.2 Å². The summed E-state index contributed by atoms with van der Waals surface area (Å²) in [6.07, 6.45) is -1.32. The average Bonchev–Trinajstić information content (AvgIpc) is 2.85. The fourth-order valence-corrected chi connectivity index (χ4v) is 6.82. The number of rotatable bonds is 8. The van der Waals surface area contributed by atoms with Gasteiger partial charge in [-0.2, -0.15) is 5.26 Å². The maximum absolute atomic E-state index is 13.1. The van der Waals surface area contributed by atoms with E-state index in [1.807, 2.05) is 13.8 Å². The molecule has 39 heavy (non-hydrogen) atoms. The standard InChI is InChI=1S/C30H47NO7Si/c1-17-20-13-23(37-28(33)27(20)24(35-9)15-22(17)34-8)18(2)21(32)14-25-30(6,7)26(12-19(16-31)36-25)38-39(10,11)29(3,4)5/h15,18-19,21,23,25-26,32H,12-14H2,1-11H3/t18-,19+,21+,23?,25-,26-/m1/s1. The van der Waals surface area contributed by atoms with Crippen molar-refractivity contribution in [1.29, 1.82) is 5.26 Å². The summed E-state index contributed by atoms with van der Waals surface area (Å²) in [5.41, 5.74) is 1.65. The molecule has 1 N–H and O–H groups in total. The molecule has 1 aromatic carbocycles. The molecule has 1 aromatic rings. The van der Waals surface area contributed by atoms with Crippen molar-refractivity contribution in [3.63, 3.8) is 0 Å². The first-order chi connectivity index (χ1) is 18.0. The Kier molecular flexibility index (Phi) is 9.18. The zero-order valence-electron chi connectivity index (χ0n) is 25.5. The van der Waals surface area contributed by atoms with E-state index in [-0.39, 0.29) is 17.1 Å². The molecule has 1 fully saturated rings. The number of carbonyl (C=O) groups is 1. The van der Waals surface area contributed by atoms with Crippen molar-refractivity contribution in [1.82, 2.24) is 0 Å². The van der Waals surface area contributed by atoms with Crippen molar-refractivity contribution in [3.05, 3.63) is 22.8 Å². The molecule has 0 spiro atoms. The SMILES string of the molecule is COc1cc(OC)c2c(c1C)CC([C@H](C)[C@@H](O)C[C@H]1O[C@H](C#N)C[C@@H](O[Si](C)(C)C(C)(C)C)C1(C)C)OC2=O. The molecular formula is C30H47NO7Si. The summed E-state index contributed by atoms with van der Waals surface area (Å²) >= 11 is 0. The molecule has 6 atom stereocenters. The maximum Gasteiger partial charge on any atom is 0.342 e. The Balaban J connectivity index is 1.82. The number of benzene rings is 1. The molecule has 0 aliphatic carbocycles. The van der Waals surface area contributed by atoms with Gasteiger partial charge >= 0.3 is 5.97 Å². The first kappa shape index (κ1) is 31.4. The minimum absolute atomic E-state index is 0.0255. The van der Waals surface area contributed by atoms with Crippen molar-refractivity contribution in [3.8, 4) is 17.6 Å². The summed E-state index contributed by atoms with van der Waals surface area (Å²) in [7, 11) is 0.988. The van der Waals surface area contributed by atoms with Crippen molar-refractivity contribution in [2.45, 2.75) is 116 Å². The van der Waals surface area contributed by atoms with Gasteiger partial charge in [0.05, 0.1) is 38.6 Å². The Morgan fingerprint density at radius 1 is 1.23 bits per heavy atom. The van der Waals surface area contributed by atoms with Crippen LogP contribution in [0.15, 0.2) is 6.07 Å². The van der Waals surface area contributed by atoms with Gasteiger partial charge in [0.25, 0.3) is 0 Å². The van der Waals surface area contributed by atoms with Crippen LogP contribution in [0, 0.1) is 29.6 Å². The molecule has 0 bridgehead atoms. The van der Waals surface area contributed by atoms with Gasteiger partial charge in [-0.05, 0) is 36.2 Å². The zero-order chi connectivity index (χ0) is 29.5. The van der Waals surface area contributed by atoms with E-state index in [9.17, 15) is 15.2 Å². The second-order valence-electron chi connectivity index (χ2n) is 13.2. The number of methoxy groups -OCH3 is 2. The van der Waals surface area contributed by atoms with E-state index < -0.39 is 44.1 Å². The fourth-order valence-electron chi connectivity index (χ4n) is 5.36. The molecule has 0 aromatic heterocycles. The Labute approximate surface area is 235 Å². The summed E-state index contributed by atoms with van der Waals surface area (Å²) in [5.74, 6) is 0.210. The predicted octanol–water partition coefficient (Wildman–Crippen LogP) is 5.58. The Morgan fingerprint density at radius 3 is 2.38 bits per heavy atom. The van der Waals surface area contributed by atoms with Crippen molar-refractivity contribution >= 4 is 14.3 Å². The molecule has 0 radical (unpaired) electrons. The smallest absolute Gasteiger partial charge is 0.342 e. The van der Waals surface area contributed by atoms with Crippen LogP contribution in [0.25, 0.3) is 0 Å². The van der Waals surface area contributed by atoms with Gasteiger partial charge in [0.2, 0.25) is 0 Å². The topological polar surface area (TPSA) is 107 Å². The maximum atomic E-state index is 13.1. The lowest BCUT2D eigenvalue weighted by atomic mass is 9.73. The van der Waals surface area contributed by atoms with E-state index in [1.165, 1.54) is 7.11 Å². The number of nitrogens with zero attached hydrogens (tertiary/aromatic N) is 1. The van der Waals surface area contributed by atoms with Gasteiger partial charge in [-0.15, -0.1) is 0 Å². The average molecular weight is 562 g/mol.